The second-order valence-corrected chi connectivity index (χ2v) is 5.33. The van der Waals surface area contributed by atoms with Gasteiger partial charge in [0, 0.05) is 16.5 Å². The molecule has 0 aliphatic carbocycles. The molecular weight excluding hydrogens is 296 g/mol. The molecule has 0 saturated carbocycles. The number of hydrogen-bond acceptors (Lipinski definition) is 4. The van der Waals surface area contributed by atoms with E-state index in [0.717, 1.165) is 27.8 Å². The molecule has 0 bridgehead atoms. The van der Waals surface area contributed by atoms with Gasteiger partial charge < -0.3 is 9.47 Å². The highest BCUT2D eigenvalue weighted by molar-refractivity contribution is 7.80. The van der Waals surface area contributed by atoms with Crippen LogP contribution in [0.1, 0.15) is 6.92 Å². The van der Waals surface area contributed by atoms with Crippen LogP contribution in [0, 0.1) is 0 Å². The summed E-state index contributed by atoms with van der Waals surface area (Å²) >= 11 is 4.38. The topological polar surface area (TPSA) is 35.5 Å². The third kappa shape index (κ3) is 4.40. The van der Waals surface area contributed by atoms with E-state index in [9.17, 15) is 4.79 Å². The van der Waals surface area contributed by atoms with Gasteiger partial charge in [-0.2, -0.15) is 0 Å². The van der Waals surface area contributed by atoms with Crippen LogP contribution in [-0.2, 0) is 9.53 Å². The molecule has 2 rings (SSSR count). The Labute approximate surface area is 136 Å². The Morgan fingerprint density at radius 3 is 2.68 bits per heavy atom. The fourth-order valence-corrected chi connectivity index (χ4v) is 2.18. The van der Waals surface area contributed by atoms with Gasteiger partial charge in [0.15, 0.2) is 0 Å². The maximum absolute atomic E-state index is 11.2. The third-order valence-electron chi connectivity index (χ3n) is 3.01. The summed E-state index contributed by atoms with van der Waals surface area (Å²) in [6, 6.07) is 15.6. The number of carbonyl (C=O) groups excluding carboxylic acids is 1. The van der Waals surface area contributed by atoms with Crippen LogP contribution in [0.2, 0.25) is 0 Å². The zero-order valence-corrected chi connectivity index (χ0v) is 13.3. The van der Waals surface area contributed by atoms with Gasteiger partial charge in [-0.3, -0.25) is 0 Å². The number of benzene rings is 2. The highest BCUT2D eigenvalue weighted by Gasteiger charge is 2.11. The van der Waals surface area contributed by atoms with Crippen molar-refractivity contribution in [1.82, 2.24) is 0 Å². The lowest BCUT2D eigenvalue weighted by Crippen LogP contribution is -2.21. The van der Waals surface area contributed by atoms with E-state index >= 15 is 0 Å². The van der Waals surface area contributed by atoms with Gasteiger partial charge >= 0.3 is 5.97 Å². The van der Waals surface area contributed by atoms with Crippen LogP contribution in [0.5, 0.6) is 5.75 Å². The monoisotopic (exact) mass is 314 g/mol. The molecular formula is C18H18O3S. The summed E-state index contributed by atoms with van der Waals surface area (Å²) in [6.45, 7) is 5.42. The van der Waals surface area contributed by atoms with Gasteiger partial charge in [0.1, 0.15) is 18.5 Å². The van der Waals surface area contributed by atoms with Crippen LogP contribution in [-0.4, -0.2) is 18.7 Å². The average Bonchev–Trinajstić information content (AvgIpc) is 2.54. The summed E-state index contributed by atoms with van der Waals surface area (Å²) in [5, 5.41) is 0. The average molecular weight is 314 g/mol. The highest BCUT2D eigenvalue weighted by Crippen LogP contribution is 2.32. The molecule has 0 N–H and O–H groups in total. The van der Waals surface area contributed by atoms with Crippen molar-refractivity contribution >= 4 is 18.6 Å². The Balaban J connectivity index is 2.14. The molecule has 0 saturated heterocycles. The normalized spacial score (nSPS) is 11.5. The van der Waals surface area contributed by atoms with E-state index < -0.39 is 5.97 Å². The number of ether oxygens (including phenoxy) is 2. The van der Waals surface area contributed by atoms with Gasteiger partial charge in [-0.15, -0.1) is 12.6 Å². The predicted octanol–water partition coefficient (Wildman–Crippen LogP) is 4.14. The minimum absolute atomic E-state index is 0.269. The SMILES string of the molecule is C=CC(=O)OC(C)COc1ccc(S)cc1-c1ccccc1. The number of carbonyl (C=O) groups is 1. The minimum Gasteiger partial charge on any atom is -0.489 e. The van der Waals surface area contributed by atoms with Crippen molar-refractivity contribution in [1.29, 1.82) is 0 Å². The third-order valence-corrected chi connectivity index (χ3v) is 3.28. The molecule has 0 amide bonds. The molecule has 4 heteroatoms. The minimum atomic E-state index is -0.454. The smallest absolute Gasteiger partial charge is 0.330 e. The van der Waals surface area contributed by atoms with Crippen LogP contribution in [0.25, 0.3) is 11.1 Å². The Morgan fingerprint density at radius 1 is 1.27 bits per heavy atom. The summed E-state index contributed by atoms with van der Waals surface area (Å²) < 4.78 is 10.9. The van der Waals surface area contributed by atoms with E-state index in [2.05, 4.69) is 19.2 Å². The molecule has 0 heterocycles. The van der Waals surface area contributed by atoms with Crippen molar-refractivity contribution in [2.45, 2.75) is 17.9 Å². The van der Waals surface area contributed by atoms with Crippen molar-refractivity contribution in [3.05, 3.63) is 61.2 Å². The van der Waals surface area contributed by atoms with Crippen molar-refractivity contribution in [2.75, 3.05) is 6.61 Å². The van der Waals surface area contributed by atoms with E-state index in [4.69, 9.17) is 9.47 Å². The maximum Gasteiger partial charge on any atom is 0.330 e. The molecule has 0 aliphatic heterocycles. The molecule has 3 nitrogen and oxygen atoms in total. The number of hydrogen-bond donors (Lipinski definition) is 1. The van der Waals surface area contributed by atoms with E-state index in [1.807, 2.05) is 48.5 Å². The summed E-state index contributed by atoms with van der Waals surface area (Å²) in [4.78, 5) is 12.0. The van der Waals surface area contributed by atoms with Crippen molar-refractivity contribution in [3.63, 3.8) is 0 Å². The van der Waals surface area contributed by atoms with E-state index in [1.165, 1.54) is 0 Å². The Bertz CT molecular complexity index is 653. The summed E-state index contributed by atoms with van der Waals surface area (Å²) in [5.74, 6) is 0.274. The molecule has 1 atom stereocenters. The first kappa shape index (κ1) is 16.2. The molecule has 114 valence electrons. The lowest BCUT2D eigenvalue weighted by atomic mass is 10.0. The molecule has 2 aromatic rings. The van der Waals surface area contributed by atoms with Crippen molar-refractivity contribution in [2.24, 2.45) is 0 Å². The number of rotatable bonds is 6. The molecule has 22 heavy (non-hydrogen) atoms. The van der Waals surface area contributed by atoms with E-state index in [-0.39, 0.29) is 12.7 Å². The molecule has 0 fully saturated rings. The molecule has 0 aromatic heterocycles. The number of thiol groups is 1. The van der Waals surface area contributed by atoms with Crippen LogP contribution in [0.15, 0.2) is 66.1 Å². The summed E-state index contributed by atoms with van der Waals surface area (Å²) in [6.07, 6.45) is 0.784. The molecule has 0 radical (unpaired) electrons. The zero-order valence-electron chi connectivity index (χ0n) is 12.4. The zero-order chi connectivity index (χ0) is 15.9. The van der Waals surface area contributed by atoms with Crippen LogP contribution in [0.3, 0.4) is 0 Å². The van der Waals surface area contributed by atoms with E-state index in [0.29, 0.717) is 0 Å². The quantitative estimate of drug-likeness (QED) is 0.494. The lowest BCUT2D eigenvalue weighted by molar-refractivity contribution is -0.143. The van der Waals surface area contributed by atoms with Crippen molar-refractivity contribution < 1.29 is 14.3 Å². The Kier molecular flexibility index (Phi) is 5.67. The largest absolute Gasteiger partial charge is 0.489 e. The van der Waals surface area contributed by atoms with Crippen LogP contribution in [0.4, 0.5) is 0 Å². The van der Waals surface area contributed by atoms with Gasteiger partial charge in [-0.1, -0.05) is 36.9 Å². The van der Waals surface area contributed by atoms with Gasteiger partial charge in [0.25, 0.3) is 0 Å². The fraction of sp³-hybridized carbons (Fsp3) is 0.167. The Morgan fingerprint density at radius 2 is 2.00 bits per heavy atom. The molecule has 0 spiro atoms. The second-order valence-electron chi connectivity index (χ2n) is 4.81. The predicted molar refractivity (Wildman–Crippen MR) is 90.4 cm³/mol. The van der Waals surface area contributed by atoms with Crippen LogP contribution < -0.4 is 4.74 Å². The van der Waals surface area contributed by atoms with Gasteiger partial charge in [0.2, 0.25) is 0 Å². The molecule has 1 unspecified atom stereocenters. The van der Waals surface area contributed by atoms with E-state index in [1.54, 1.807) is 6.92 Å². The van der Waals surface area contributed by atoms with Gasteiger partial charge in [-0.05, 0) is 30.7 Å². The first-order valence-electron chi connectivity index (χ1n) is 6.94. The number of esters is 1. The van der Waals surface area contributed by atoms with Gasteiger partial charge in [-0.25, -0.2) is 4.79 Å². The molecule has 0 aliphatic rings. The highest BCUT2D eigenvalue weighted by atomic mass is 32.1. The lowest BCUT2D eigenvalue weighted by Gasteiger charge is -2.16. The standard InChI is InChI=1S/C18H18O3S/c1-3-18(19)21-13(2)12-20-17-10-9-15(22)11-16(17)14-7-5-4-6-8-14/h3-11,13,22H,1,12H2,2H3. The maximum atomic E-state index is 11.2. The first-order chi connectivity index (χ1) is 10.6. The van der Waals surface area contributed by atoms with Crippen LogP contribution >= 0.6 is 12.6 Å². The molecule has 2 aromatic carbocycles. The van der Waals surface area contributed by atoms with Gasteiger partial charge in [0.05, 0.1) is 0 Å². The second kappa shape index (κ2) is 7.71. The summed E-state index contributed by atoms with van der Waals surface area (Å²) in [5.41, 5.74) is 2.00. The first-order valence-corrected chi connectivity index (χ1v) is 7.39. The fourth-order valence-electron chi connectivity index (χ4n) is 1.97. The Hall–Kier alpha value is -2.20. The van der Waals surface area contributed by atoms with Crippen molar-refractivity contribution in [3.8, 4) is 16.9 Å². The summed E-state index contributed by atoms with van der Waals surface area (Å²) in [7, 11) is 0.